The monoisotopic (exact) mass is 954 g/mol. The smallest absolute Gasteiger partial charge is 0.143 e. The molecule has 0 aliphatic heterocycles. The molecule has 350 valence electrons. The van der Waals surface area contributed by atoms with Gasteiger partial charge in [-0.05, 0) is 132 Å². The van der Waals surface area contributed by atoms with Gasteiger partial charge in [0, 0.05) is 49.7 Å². The second-order valence-corrected chi connectivity index (χ2v) is 19.6. The van der Waals surface area contributed by atoms with E-state index in [1.54, 1.807) is 0 Å². The molecule has 0 saturated heterocycles. The second-order valence-electron chi connectivity index (χ2n) is 19.6. The summed E-state index contributed by atoms with van der Waals surface area (Å²) in [5.74, 6) is 0. The van der Waals surface area contributed by atoms with Crippen molar-refractivity contribution in [2.24, 2.45) is 0 Å². The maximum Gasteiger partial charge on any atom is 0.143 e. The standard InChI is InChI=1S/C72H46N2O/c1-2-20-60-58(18-1)59-19-3-4-21-61(59)67-46-55(43-44-62(60)67)73(53-39-35-48(36-40-53)47-31-33-50(34-32-47)57-25-14-26-66-65-24-8-12-30-71(65)75-72(57)66)54-41-37-49(38-42-54)51-15-13-16-52(45-51)56-17-5-9-27-68(56)74-69-28-10-6-22-63(69)64-23-7-11-29-70(64)74/h1-46H. The van der Waals surface area contributed by atoms with Gasteiger partial charge in [0.05, 0.1) is 16.7 Å². The molecule has 0 unspecified atom stereocenters. The highest BCUT2D eigenvalue weighted by molar-refractivity contribution is 6.26. The summed E-state index contributed by atoms with van der Waals surface area (Å²) < 4.78 is 8.83. The molecule has 0 spiro atoms. The van der Waals surface area contributed by atoms with Crippen molar-refractivity contribution in [1.29, 1.82) is 0 Å². The van der Waals surface area contributed by atoms with Crippen LogP contribution >= 0.6 is 0 Å². The Labute approximate surface area is 434 Å². The van der Waals surface area contributed by atoms with Gasteiger partial charge in [0.15, 0.2) is 0 Å². The largest absolute Gasteiger partial charge is 0.455 e. The first kappa shape index (κ1) is 42.7. The third-order valence-corrected chi connectivity index (χ3v) is 15.4. The maximum atomic E-state index is 6.41. The maximum absolute atomic E-state index is 6.41. The van der Waals surface area contributed by atoms with E-state index < -0.39 is 0 Å². The van der Waals surface area contributed by atoms with Gasteiger partial charge < -0.3 is 13.9 Å². The molecule has 3 heteroatoms. The van der Waals surface area contributed by atoms with Crippen LogP contribution in [-0.2, 0) is 0 Å². The van der Waals surface area contributed by atoms with E-state index >= 15 is 0 Å². The van der Waals surface area contributed by atoms with E-state index in [9.17, 15) is 0 Å². The Balaban J connectivity index is 0.808. The predicted molar refractivity (Wildman–Crippen MR) is 317 cm³/mol. The van der Waals surface area contributed by atoms with Crippen molar-refractivity contribution in [2.75, 3.05) is 4.90 Å². The third kappa shape index (κ3) is 7.05. The Morgan fingerprint density at radius 3 is 1.35 bits per heavy atom. The minimum atomic E-state index is 0.909. The average molecular weight is 955 g/mol. The molecule has 0 saturated carbocycles. The van der Waals surface area contributed by atoms with Gasteiger partial charge in [-0.2, -0.15) is 0 Å². The number of hydrogen-bond donors (Lipinski definition) is 0. The number of fused-ring (bicyclic) bond motifs is 12. The predicted octanol–water partition coefficient (Wildman–Crippen LogP) is 20.3. The van der Waals surface area contributed by atoms with E-state index in [0.717, 1.165) is 78.1 Å². The summed E-state index contributed by atoms with van der Waals surface area (Å²) in [5, 5.41) is 12.3. The first-order valence-corrected chi connectivity index (χ1v) is 25.7. The van der Waals surface area contributed by atoms with Gasteiger partial charge in [-0.1, -0.05) is 212 Å². The van der Waals surface area contributed by atoms with Gasteiger partial charge in [0.1, 0.15) is 11.2 Å². The number of benzene rings is 13. The van der Waals surface area contributed by atoms with Crippen LogP contribution in [0.3, 0.4) is 0 Å². The first-order valence-electron chi connectivity index (χ1n) is 25.7. The van der Waals surface area contributed by atoms with Crippen LogP contribution in [0.1, 0.15) is 0 Å². The van der Waals surface area contributed by atoms with Gasteiger partial charge in [0.2, 0.25) is 0 Å². The summed E-state index contributed by atoms with van der Waals surface area (Å²) in [7, 11) is 0. The summed E-state index contributed by atoms with van der Waals surface area (Å²) in [6.45, 7) is 0. The normalized spacial score (nSPS) is 11.7. The molecule has 0 bridgehead atoms. The molecule has 15 rings (SSSR count). The zero-order valence-electron chi connectivity index (χ0n) is 40.9. The average Bonchev–Trinajstić information content (AvgIpc) is 4.04. The van der Waals surface area contributed by atoms with Gasteiger partial charge >= 0.3 is 0 Å². The lowest BCUT2D eigenvalue weighted by atomic mass is 9.94. The lowest BCUT2D eigenvalue weighted by Crippen LogP contribution is -2.10. The Kier molecular flexibility index (Phi) is 9.89. The van der Waals surface area contributed by atoms with Gasteiger partial charge in [-0.15, -0.1) is 0 Å². The Morgan fingerprint density at radius 1 is 0.253 bits per heavy atom. The van der Waals surface area contributed by atoms with Crippen LogP contribution in [0, 0.1) is 0 Å². The van der Waals surface area contributed by atoms with Crippen molar-refractivity contribution in [3.05, 3.63) is 279 Å². The number of rotatable bonds is 8. The zero-order valence-corrected chi connectivity index (χ0v) is 40.9. The number of para-hydroxylation sites is 5. The summed E-state index contributed by atoms with van der Waals surface area (Å²) >= 11 is 0. The molecule has 0 fully saturated rings. The summed E-state index contributed by atoms with van der Waals surface area (Å²) in [6.07, 6.45) is 0. The molecule has 0 atom stereocenters. The van der Waals surface area contributed by atoms with E-state index in [2.05, 4.69) is 276 Å². The lowest BCUT2D eigenvalue weighted by molar-refractivity contribution is 0.670. The minimum absolute atomic E-state index is 0.909. The highest BCUT2D eigenvalue weighted by atomic mass is 16.3. The zero-order chi connectivity index (χ0) is 49.4. The molecule has 0 aliphatic carbocycles. The molecular formula is C72H46N2O. The first-order chi connectivity index (χ1) is 37.2. The summed E-state index contributed by atoms with van der Waals surface area (Å²) in [5.41, 5.74) is 17.8. The molecule has 0 radical (unpaired) electrons. The number of hydrogen-bond acceptors (Lipinski definition) is 2. The molecular weight excluding hydrogens is 909 g/mol. The minimum Gasteiger partial charge on any atom is -0.455 e. The molecule has 13 aromatic carbocycles. The van der Waals surface area contributed by atoms with Crippen LogP contribution < -0.4 is 4.90 Å². The van der Waals surface area contributed by atoms with Crippen LogP contribution in [0.5, 0.6) is 0 Å². The quantitative estimate of drug-likeness (QED) is 0.142. The number of nitrogens with zero attached hydrogens (tertiary/aromatic N) is 2. The fraction of sp³-hybridized carbons (Fsp3) is 0. The third-order valence-electron chi connectivity index (χ3n) is 15.4. The Morgan fingerprint density at radius 2 is 0.693 bits per heavy atom. The number of anilines is 3. The van der Waals surface area contributed by atoms with E-state index in [1.165, 1.54) is 65.3 Å². The molecule has 75 heavy (non-hydrogen) atoms. The number of aromatic nitrogens is 1. The highest BCUT2D eigenvalue weighted by Crippen LogP contribution is 2.43. The van der Waals surface area contributed by atoms with Crippen molar-refractivity contribution in [3.63, 3.8) is 0 Å². The lowest BCUT2D eigenvalue weighted by Gasteiger charge is -2.27. The van der Waals surface area contributed by atoms with Crippen LogP contribution in [0.25, 0.3) is 126 Å². The van der Waals surface area contributed by atoms with Crippen molar-refractivity contribution in [1.82, 2.24) is 4.57 Å². The molecule has 15 aromatic rings. The highest BCUT2D eigenvalue weighted by Gasteiger charge is 2.19. The molecule has 0 amide bonds. The van der Waals surface area contributed by atoms with Crippen LogP contribution in [0.2, 0.25) is 0 Å². The van der Waals surface area contributed by atoms with E-state index in [-0.39, 0.29) is 0 Å². The van der Waals surface area contributed by atoms with Crippen molar-refractivity contribution >= 4 is 93.1 Å². The van der Waals surface area contributed by atoms with E-state index in [4.69, 9.17) is 4.42 Å². The number of furan rings is 1. The Hall–Kier alpha value is -9.96. The SMILES string of the molecule is c1cc(-c2ccc(N(c3ccc(-c4ccc(-c5cccc6c5oc5ccccc56)cc4)cc3)c3ccc4c5ccccc5c5ccccc5c4c3)cc2)cc(-c2ccccc2-n2c3ccccc3c3ccccc32)c1. The van der Waals surface area contributed by atoms with E-state index in [0.29, 0.717) is 0 Å². The molecule has 2 heterocycles. The van der Waals surface area contributed by atoms with Gasteiger partial charge in [0.25, 0.3) is 0 Å². The molecule has 3 nitrogen and oxygen atoms in total. The fourth-order valence-corrected chi connectivity index (χ4v) is 11.9. The summed E-state index contributed by atoms with van der Waals surface area (Å²) in [6, 6.07) is 101. The van der Waals surface area contributed by atoms with Crippen molar-refractivity contribution in [3.8, 4) is 50.2 Å². The van der Waals surface area contributed by atoms with Crippen LogP contribution in [0.15, 0.2) is 283 Å². The second kappa shape index (κ2) is 17.4. The van der Waals surface area contributed by atoms with Crippen molar-refractivity contribution < 1.29 is 4.42 Å². The van der Waals surface area contributed by atoms with Gasteiger partial charge in [-0.25, -0.2) is 0 Å². The Bertz CT molecular complexity index is 4610. The summed E-state index contributed by atoms with van der Waals surface area (Å²) in [4.78, 5) is 2.40. The molecule has 0 N–H and O–H groups in total. The fourth-order valence-electron chi connectivity index (χ4n) is 11.9. The van der Waals surface area contributed by atoms with E-state index in [1.807, 2.05) is 12.1 Å². The van der Waals surface area contributed by atoms with Gasteiger partial charge in [-0.3, -0.25) is 0 Å². The topological polar surface area (TPSA) is 21.3 Å². The van der Waals surface area contributed by atoms with Crippen LogP contribution in [0.4, 0.5) is 17.1 Å². The van der Waals surface area contributed by atoms with Crippen molar-refractivity contribution in [2.45, 2.75) is 0 Å². The van der Waals surface area contributed by atoms with Crippen LogP contribution in [-0.4, -0.2) is 4.57 Å². The molecule has 2 aromatic heterocycles. The molecule has 0 aliphatic rings.